The Morgan fingerprint density at radius 1 is 1.03 bits per heavy atom. The van der Waals surface area contributed by atoms with Gasteiger partial charge in [-0.1, -0.05) is 55.5 Å². The molecule has 0 aliphatic carbocycles. The van der Waals surface area contributed by atoms with Crippen LogP contribution in [-0.2, 0) is 23.4 Å². The minimum Gasteiger partial charge on any atom is -0.391 e. The molecule has 0 aliphatic heterocycles. The zero-order chi connectivity index (χ0) is 27.3. The number of aliphatic hydroxyl groups excluding tert-OH is 1. The number of halogens is 2. The second-order valence-electron chi connectivity index (χ2n) is 9.48. The van der Waals surface area contributed by atoms with Crippen molar-refractivity contribution in [1.29, 1.82) is 0 Å². The Bertz CT molecular complexity index is 1410. The van der Waals surface area contributed by atoms with E-state index in [9.17, 15) is 18.7 Å². The first-order valence-corrected chi connectivity index (χ1v) is 14.4. The summed E-state index contributed by atoms with van der Waals surface area (Å²) in [6.07, 6.45) is 1.45. The summed E-state index contributed by atoms with van der Waals surface area (Å²) in [6, 6.07) is 18.1. The third-order valence-corrected chi connectivity index (χ3v) is 9.86. The molecule has 4 N–H and O–H groups in total. The van der Waals surface area contributed by atoms with Gasteiger partial charge in [-0.3, -0.25) is 4.79 Å². The molecular formula is C29H32F2N4O2S. The molecule has 0 saturated heterocycles. The normalized spacial score (nSPS) is 15.4. The summed E-state index contributed by atoms with van der Waals surface area (Å²) in [6.45, 7) is 3.51. The lowest BCUT2D eigenvalue weighted by Gasteiger charge is -2.42. The highest BCUT2D eigenvalue weighted by molar-refractivity contribution is 8.32. The maximum absolute atomic E-state index is 13.8. The highest BCUT2D eigenvalue weighted by Crippen LogP contribution is 2.56. The Labute approximate surface area is 222 Å². The Hall–Kier alpha value is -3.40. The highest BCUT2D eigenvalue weighted by Gasteiger charge is 2.36. The van der Waals surface area contributed by atoms with Crippen molar-refractivity contribution in [2.45, 2.75) is 49.6 Å². The number of nitrogens with two attached hydrogens (primary N) is 1. The van der Waals surface area contributed by atoms with Crippen LogP contribution in [-0.4, -0.2) is 39.1 Å². The maximum atomic E-state index is 13.8. The molecule has 0 bridgehead atoms. The summed E-state index contributed by atoms with van der Waals surface area (Å²) >= 11 is 0. The van der Waals surface area contributed by atoms with Crippen molar-refractivity contribution >= 4 is 26.9 Å². The number of nitrogens with one attached hydrogen (secondary N) is 1. The van der Waals surface area contributed by atoms with Gasteiger partial charge in [0.15, 0.2) is 0 Å². The fraction of sp³-hybridized carbons (Fsp3) is 0.276. The number of amides is 1. The third kappa shape index (κ3) is 6.53. The first-order chi connectivity index (χ1) is 18.2. The van der Waals surface area contributed by atoms with Crippen molar-refractivity contribution in [1.82, 2.24) is 14.9 Å². The Kier molecular flexibility index (Phi) is 8.71. The van der Waals surface area contributed by atoms with E-state index in [4.69, 9.17) is 5.73 Å². The van der Waals surface area contributed by atoms with Crippen LogP contribution >= 0.6 is 10.2 Å². The monoisotopic (exact) mass is 538 g/mol. The molecule has 0 saturated carbocycles. The first kappa shape index (κ1) is 27.6. The van der Waals surface area contributed by atoms with Crippen molar-refractivity contribution < 1.29 is 18.7 Å². The quantitative estimate of drug-likeness (QED) is 0.269. The van der Waals surface area contributed by atoms with Gasteiger partial charge in [-0.25, -0.2) is 8.78 Å². The molecular weight excluding hydrogens is 506 g/mol. The number of aliphatic hydroxyl groups is 1. The first-order valence-electron chi connectivity index (χ1n) is 12.4. The van der Waals surface area contributed by atoms with Crippen molar-refractivity contribution in [3.05, 3.63) is 101 Å². The lowest BCUT2D eigenvalue weighted by Crippen LogP contribution is -2.43. The molecule has 4 rings (SSSR count). The number of aryl methyl sites for hydroxylation is 1. The number of aromatic nitrogens is 2. The third-order valence-electron chi connectivity index (χ3n) is 6.40. The molecule has 6 nitrogen and oxygen atoms in total. The largest absolute Gasteiger partial charge is 0.391 e. The standard InChI is InChI=1S/C29H32F2N4O2S/c1-3-20-7-6-8-21(11-20)17-38(35-19(2)36,29-26-10-5-4-9-23(26)16-33-34-29)18-28(37)27(32)14-22-12-24(30)15-25(31)13-22/h4-13,15-16,27-28,37H,3,14,17-18,32H2,1-2H3,(H,35,36)/t27-,28-/m0/s1. The molecule has 1 aromatic heterocycles. The zero-order valence-electron chi connectivity index (χ0n) is 21.4. The van der Waals surface area contributed by atoms with Gasteiger partial charge < -0.3 is 15.6 Å². The fourth-order valence-electron chi connectivity index (χ4n) is 4.67. The summed E-state index contributed by atoms with van der Waals surface area (Å²) in [5, 5.41) is 22.4. The van der Waals surface area contributed by atoms with E-state index in [1.165, 1.54) is 19.1 Å². The van der Waals surface area contributed by atoms with E-state index in [0.717, 1.165) is 34.4 Å². The van der Waals surface area contributed by atoms with Crippen LogP contribution in [0.1, 0.15) is 30.5 Å². The average Bonchev–Trinajstić information content (AvgIpc) is 2.87. The molecule has 0 spiro atoms. The van der Waals surface area contributed by atoms with E-state index in [0.29, 0.717) is 16.3 Å². The number of nitrogens with zero attached hydrogens (tertiary/aromatic N) is 2. The van der Waals surface area contributed by atoms with Gasteiger partial charge >= 0.3 is 0 Å². The second-order valence-corrected chi connectivity index (χ2v) is 12.5. The van der Waals surface area contributed by atoms with Crippen LogP contribution in [0.25, 0.3) is 10.8 Å². The lowest BCUT2D eigenvalue weighted by atomic mass is 10.0. The van der Waals surface area contributed by atoms with Crippen LogP contribution < -0.4 is 10.5 Å². The molecule has 0 radical (unpaired) electrons. The summed E-state index contributed by atoms with van der Waals surface area (Å²) in [7, 11) is -2.38. The van der Waals surface area contributed by atoms with Gasteiger partial charge in [0.25, 0.3) is 0 Å². The Morgan fingerprint density at radius 2 is 1.74 bits per heavy atom. The molecule has 38 heavy (non-hydrogen) atoms. The molecule has 0 aliphatic rings. The molecule has 200 valence electrons. The molecule has 3 aromatic carbocycles. The smallest absolute Gasteiger partial charge is 0.225 e. The lowest BCUT2D eigenvalue weighted by molar-refractivity contribution is -0.117. The van der Waals surface area contributed by atoms with E-state index >= 15 is 0 Å². The summed E-state index contributed by atoms with van der Waals surface area (Å²) in [4.78, 5) is 12.7. The number of hydrogen-bond acceptors (Lipinski definition) is 5. The van der Waals surface area contributed by atoms with Crippen molar-refractivity contribution in [2.24, 2.45) is 5.73 Å². The van der Waals surface area contributed by atoms with Gasteiger partial charge in [-0.05, 0) is 41.7 Å². The SMILES string of the molecule is CCc1cccc(CS(C[C@H](O)[C@@H](N)Cc2cc(F)cc(F)c2)(NC(C)=O)c2nncc3ccccc23)c1. The summed E-state index contributed by atoms with van der Waals surface area (Å²) < 4.78 is 30.7. The number of benzene rings is 3. The van der Waals surface area contributed by atoms with Crippen molar-refractivity contribution in [3.8, 4) is 0 Å². The topological polar surface area (TPSA) is 101 Å². The van der Waals surface area contributed by atoms with E-state index in [1.807, 2.05) is 42.5 Å². The number of rotatable bonds is 10. The maximum Gasteiger partial charge on any atom is 0.225 e. The summed E-state index contributed by atoms with van der Waals surface area (Å²) in [5.41, 5.74) is 8.86. The molecule has 9 heteroatoms. The molecule has 1 heterocycles. The van der Waals surface area contributed by atoms with Crippen LogP contribution in [0.4, 0.5) is 8.78 Å². The zero-order valence-corrected chi connectivity index (χ0v) is 22.2. The van der Waals surface area contributed by atoms with E-state index in [-0.39, 0.29) is 18.1 Å². The van der Waals surface area contributed by atoms with Gasteiger partial charge in [0.1, 0.15) is 16.7 Å². The van der Waals surface area contributed by atoms with Gasteiger partial charge in [-0.2, -0.15) is 5.10 Å². The Balaban J connectivity index is 1.78. The number of carbonyl (C=O) groups excluding carboxylic acids is 1. The van der Waals surface area contributed by atoms with E-state index in [1.54, 1.807) is 6.20 Å². The average molecular weight is 539 g/mol. The van der Waals surface area contributed by atoms with Gasteiger partial charge in [0, 0.05) is 41.3 Å². The molecule has 1 amide bonds. The highest BCUT2D eigenvalue weighted by atomic mass is 32.3. The molecule has 4 aromatic rings. The van der Waals surface area contributed by atoms with Crippen LogP contribution in [0.2, 0.25) is 0 Å². The van der Waals surface area contributed by atoms with Crippen molar-refractivity contribution in [2.75, 3.05) is 5.75 Å². The minimum absolute atomic E-state index is 0.0535. The Morgan fingerprint density at radius 3 is 2.45 bits per heavy atom. The van der Waals surface area contributed by atoms with Crippen LogP contribution in [0.15, 0.2) is 78.0 Å². The number of hydrogen-bond donors (Lipinski definition) is 3. The summed E-state index contributed by atoms with van der Waals surface area (Å²) in [5.74, 6) is -1.19. The number of carbonyl (C=O) groups is 1. The molecule has 0 fully saturated rings. The van der Waals surface area contributed by atoms with Crippen LogP contribution in [0.3, 0.4) is 0 Å². The molecule has 3 atom stereocenters. The van der Waals surface area contributed by atoms with Gasteiger partial charge in [0.05, 0.1) is 12.3 Å². The van der Waals surface area contributed by atoms with Gasteiger partial charge in [0.2, 0.25) is 5.91 Å². The van der Waals surface area contributed by atoms with E-state index in [2.05, 4.69) is 27.9 Å². The predicted octanol–water partition coefficient (Wildman–Crippen LogP) is 4.82. The van der Waals surface area contributed by atoms with Crippen LogP contribution in [0.5, 0.6) is 0 Å². The number of fused-ring (bicyclic) bond motifs is 1. The van der Waals surface area contributed by atoms with Gasteiger partial charge in [-0.15, -0.1) is 15.3 Å². The van der Waals surface area contributed by atoms with E-state index < -0.39 is 34.0 Å². The van der Waals surface area contributed by atoms with Crippen molar-refractivity contribution in [3.63, 3.8) is 0 Å². The van der Waals surface area contributed by atoms with Crippen LogP contribution in [0, 0.1) is 11.6 Å². The minimum atomic E-state index is -2.38. The predicted molar refractivity (Wildman–Crippen MR) is 148 cm³/mol. The fourth-order valence-corrected chi connectivity index (χ4v) is 8.28. The second kappa shape index (κ2) is 12.0. The molecule has 1 unspecified atom stereocenters.